The van der Waals surface area contributed by atoms with E-state index >= 15 is 0 Å². The Morgan fingerprint density at radius 1 is 1.19 bits per heavy atom. The van der Waals surface area contributed by atoms with Gasteiger partial charge < -0.3 is 20.0 Å². The lowest BCUT2D eigenvalue weighted by atomic mass is 10.1. The van der Waals surface area contributed by atoms with Crippen molar-refractivity contribution >= 4 is 39.5 Å². The molecule has 4 aromatic heterocycles. The van der Waals surface area contributed by atoms with Crippen LogP contribution < -0.4 is 10.6 Å². The lowest BCUT2D eigenvalue weighted by Crippen LogP contribution is -2.16. The molecule has 5 rings (SSSR count). The third-order valence-electron chi connectivity index (χ3n) is 5.09. The molecule has 3 N–H and O–H groups in total. The summed E-state index contributed by atoms with van der Waals surface area (Å²) in [5.74, 6) is -0.186. The van der Waals surface area contributed by atoms with Gasteiger partial charge in [-0.25, -0.2) is 19.3 Å². The number of benzene rings is 1. The topological polar surface area (TPSA) is 109 Å². The zero-order valence-corrected chi connectivity index (χ0v) is 17.1. The fourth-order valence-electron chi connectivity index (χ4n) is 3.51. The van der Waals surface area contributed by atoms with Gasteiger partial charge in [-0.05, 0) is 42.0 Å². The zero-order valence-electron chi connectivity index (χ0n) is 17.1. The number of carbonyl (C=O) groups excluding carboxylic acids is 1. The number of aromatic nitrogens is 4. The van der Waals surface area contributed by atoms with Crippen molar-refractivity contribution in [1.29, 1.82) is 0 Å². The molecular formula is C23H19FN6O2. The van der Waals surface area contributed by atoms with Crippen LogP contribution in [0.4, 0.5) is 15.9 Å². The SMILES string of the molecule is CCc1nc2cc(NC(=O)c3cc(F)cnc3NCc3ccnc4[nH]ccc34)ccc2o1. The third kappa shape index (κ3) is 3.76. The molecule has 8 nitrogen and oxygen atoms in total. The highest BCUT2D eigenvalue weighted by molar-refractivity contribution is 6.08. The Morgan fingerprint density at radius 2 is 2.09 bits per heavy atom. The zero-order chi connectivity index (χ0) is 22.1. The van der Waals surface area contributed by atoms with Gasteiger partial charge in [0.25, 0.3) is 5.91 Å². The number of hydrogen-bond acceptors (Lipinski definition) is 6. The van der Waals surface area contributed by atoms with E-state index < -0.39 is 11.7 Å². The van der Waals surface area contributed by atoms with Crippen LogP contribution in [0.25, 0.3) is 22.1 Å². The standard InChI is InChI=1S/C23H19FN6O2/c1-2-20-30-18-10-15(3-4-19(18)32-20)29-23(31)17-9-14(24)12-28-22(17)27-11-13-5-7-25-21-16(13)6-8-26-21/h3-10,12H,2,11H2,1H3,(H,25,26)(H,27,28)(H,29,31). The highest BCUT2D eigenvalue weighted by Crippen LogP contribution is 2.23. The predicted octanol–water partition coefficient (Wildman–Crippen LogP) is 4.67. The number of oxazole rings is 1. The Morgan fingerprint density at radius 3 is 2.97 bits per heavy atom. The minimum absolute atomic E-state index is 0.0962. The van der Waals surface area contributed by atoms with E-state index in [0.29, 0.717) is 35.6 Å². The van der Waals surface area contributed by atoms with Gasteiger partial charge in [0.15, 0.2) is 11.5 Å². The largest absolute Gasteiger partial charge is 0.441 e. The number of anilines is 2. The summed E-state index contributed by atoms with van der Waals surface area (Å²) in [6, 6.07) is 10.1. The lowest BCUT2D eigenvalue weighted by Gasteiger charge is -2.12. The summed E-state index contributed by atoms with van der Waals surface area (Å²) < 4.78 is 19.5. The molecule has 0 aliphatic carbocycles. The van der Waals surface area contributed by atoms with E-state index in [4.69, 9.17) is 4.42 Å². The van der Waals surface area contributed by atoms with Crippen LogP contribution >= 0.6 is 0 Å². The Balaban J connectivity index is 1.38. The second-order valence-electron chi connectivity index (χ2n) is 7.21. The molecule has 160 valence electrons. The average Bonchev–Trinajstić information content (AvgIpc) is 3.44. The van der Waals surface area contributed by atoms with E-state index in [1.165, 1.54) is 0 Å². The number of aromatic amines is 1. The molecule has 1 aromatic carbocycles. The minimum atomic E-state index is -0.600. The molecule has 5 aromatic rings. The Kier molecular flexibility index (Phi) is 4.98. The average molecular weight is 430 g/mol. The molecule has 4 heterocycles. The maximum atomic E-state index is 13.9. The molecule has 0 aliphatic rings. The first-order valence-corrected chi connectivity index (χ1v) is 10.1. The second-order valence-corrected chi connectivity index (χ2v) is 7.21. The van der Waals surface area contributed by atoms with Gasteiger partial charge in [0.1, 0.15) is 22.8 Å². The molecule has 0 saturated heterocycles. The summed E-state index contributed by atoms with van der Waals surface area (Å²) in [7, 11) is 0. The Hall–Kier alpha value is -4.27. The van der Waals surface area contributed by atoms with Crippen LogP contribution in [0.1, 0.15) is 28.7 Å². The van der Waals surface area contributed by atoms with E-state index in [0.717, 1.165) is 28.9 Å². The molecule has 0 saturated carbocycles. The molecule has 0 unspecified atom stereocenters. The number of amides is 1. The maximum absolute atomic E-state index is 13.9. The van der Waals surface area contributed by atoms with Gasteiger partial charge in [-0.15, -0.1) is 0 Å². The van der Waals surface area contributed by atoms with E-state index in [2.05, 4.69) is 30.6 Å². The number of H-pyrrole nitrogens is 1. The number of nitrogens with zero attached hydrogens (tertiary/aromatic N) is 3. The first-order valence-electron chi connectivity index (χ1n) is 10.1. The first kappa shape index (κ1) is 19.7. The smallest absolute Gasteiger partial charge is 0.259 e. The number of halogens is 1. The summed E-state index contributed by atoms with van der Waals surface area (Å²) in [5.41, 5.74) is 3.64. The van der Waals surface area contributed by atoms with Crippen LogP contribution in [0.2, 0.25) is 0 Å². The van der Waals surface area contributed by atoms with Crippen molar-refractivity contribution in [2.24, 2.45) is 0 Å². The first-order chi connectivity index (χ1) is 15.6. The molecule has 1 amide bonds. The van der Waals surface area contributed by atoms with Gasteiger partial charge in [0.05, 0.1) is 11.8 Å². The van der Waals surface area contributed by atoms with Gasteiger partial charge in [-0.2, -0.15) is 0 Å². The third-order valence-corrected chi connectivity index (χ3v) is 5.09. The molecule has 0 atom stereocenters. The van der Waals surface area contributed by atoms with Gasteiger partial charge in [-0.1, -0.05) is 6.92 Å². The summed E-state index contributed by atoms with van der Waals surface area (Å²) >= 11 is 0. The van der Waals surface area contributed by atoms with Crippen LogP contribution in [-0.2, 0) is 13.0 Å². The number of nitrogens with one attached hydrogen (secondary N) is 3. The fourth-order valence-corrected chi connectivity index (χ4v) is 3.51. The summed E-state index contributed by atoms with van der Waals surface area (Å²) in [4.78, 5) is 28.7. The number of fused-ring (bicyclic) bond motifs is 2. The van der Waals surface area contributed by atoms with Gasteiger partial charge in [0.2, 0.25) is 0 Å². The fraction of sp³-hybridized carbons (Fsp3) is 0.130. The van der Waals surface area contributed by atoms with Gasteiger partial charge in [0, 0.05) is 36.4 Å². The van der Waals surface area contributed by atoms with E-state index in [9.17, 15) is 9.18 Å². The minimum Gasteiger partial charge on any atom is -0.441 e. The Bertz CT molecular complexity index is 1440. The maximum Gasteiger partial charge on any atom is 0.259 e. The van der Waals surface area contributed by atoms with Crippen LogP contribution in [0.3, 0.4) is 0 Å². The van der Waals surface area contributed by atoms with Gasteiger partial charge >= 0.3 is 0 Å². The molecule has 0 spiro atoms. The number of carbonyl (C=O) groups is 1. The second kappa shape index (κ2) is 8.10. The van der Waals surface area contributed by atoms with Crippen molar-refractivity contribution in [2.75, 3.05) is 10.6 Å². The van der Waals surface area contributed by atoms with E-state index in [1.54, 1.807) is 24.4 Å². The number of pyridine rings is 2. The number of rotatable bonds is 6. The van der Waals surface area contributed by atoms with Crippen LogP contribution in [0.5, 0.6) is 0 Å². The van der Waals surface area contributed by atoms with Crippen LogP contribution in [0.15, 0.2) is 59.4 Å². The van der Waals surface area contributed by atoms with Crippen molar-refractivity contribution in [3.8, 4) is 0 Å². The van der Waals surface area contributed by atoms with Crippen molar-refractivity contribution in [2.45, 2.75) is 19.9 Å². The Labute approximate surface area is 181 Å². The number of aryl methyl sites for hydroxylation is 1. The van der Waals surface area contributed by atoms with Crippen molar-refractivity contribution < 1.29 is 13.6 Å². The molecular weight excluding hydrogens is 411 g/mol. The highest BCUT2D eigenvalue weighted by Gasteiger charge is 2.16. The molecule has 32 heavy (non-hydrogen) atoms. The summed E-state index contributed by atoms with van der Waals surface area (Å²) in [6.07, 6.45) is 5.26. The van der Waals surface area contributed by atoms with Crippen LogP contribution in [-0.4, -0.2) is 25.8 Å². The van der Waals surface area contributed by atoms with Crippen LogP contribution in [0, 0.1) is 5.82 Å². The predicted molar refractivity (Wildman–Crippen MR) is 119 cm³/mol. The molecule has 0 radical (unpaired) electrons. The molecule has 9 heteroatoms. The quantitative estimate of drug-likeness (QED) is 0.361. The monoisotopic (exact) mass is 430 g/mol. The lowest BCUT2D eigenvalue weighted by molar-refractivity contribution is 0.102. The molecule has 0 aliphatic heterocycles. The van der Waals surface area contributed by atoms with Crippen molar-refractivity contribution in [3.05, 3.63) is 77.8 Å². The van der Waals surface area contributed by atoms with Crippen molar-refractivity contribution in [3.63, 3.8) is 0 Å². The van der Waals surface area contributed by atoms with Crippen molar-refractivity contribution in [1.82, 2.24) is 19.9 Å². The summed E-state index contributed by atoms with van der Waals surface area (Å²) in [5, 5.41) is 6.88. The molecule has 0 fully saturated rings. The van der Waals surface area contributed by atoms with Gasteiger partial charge in [-0.3, -0.25) is 4.79 Å². The van der Waals surface area contributed by atoms with E-state index in [1.807, 2.05) is 25.3 Å². The number of hydrogen-bond donors (Lipinski definition) is 3. The summed E-state index contributed by atoms with van der Waals surface area (Å²) in [6.45, 7) is 2.34. The van der Waals surface area contributed by atoms with E-state index in [-0.39, 0.29) is 11.4 Å². The highest BCUT2D eigenvalue weighted by atomic mass is 19.1. The normalized spacial score (nSPS) is 11.2. The molecule has 0 bridgehead atoms.